The van der Waals surface area contributed by atoms with Crippen molar-refractivity contribution in [2.24, 2.45) is 0 Å². The molecule has 0 aliphatic heterocycles. The van der Waals surface area contributed by atoms with Crippen LogP contribution in [0.25, 0.3) is 0 Å². The molecule has 0 unspecified atom stereocenters. The summed E-state index contributed by atoms with van der Waals surface area (Å²) in [6, 6.07) is 8.11. The van der Waals surface area contributed by atoms with Crippen LogP contribution in [-0.4, -0.2) is 12.0 Å². The van der Waals surface area contributed by atoms with Crippen LogP contribution < -0.4 is 10.1 Å². The number of rotatable bonds is 4. The molecule has 0 aliphatic rings. The van der Waals surface area contributed by atoms with Crippen molar-refractivity contribution in [1.82, 2.24) is 0 Å². The Bertz CT molecular complexity index is 790. The molecule has 7 heteroatoms. The molecule has 0 spiro atoms. The lowest BCUT2D eigenvalue weighted by Gasteiger charge is -2.17. The van der Waals surface area contributed by atoms with Gasteiger partial charge in [0.2, 0.25) is 0 Å². The van der Waals surface area contributed by atoms with Gasteiger partial charge in [0, 0.05) is 0 Å². The number of anilines is 1. The number of halogens is 4. The van der Waals surface area contributed by atoms with Gasteiger partial charge in [0.25, 0.3) is 5.91 Å². The van der Waals surface area contributed by atoms with Crippen LogP contribution in [0.1, 0.15) is 23.6 Å². The van der Waals surface area contributed by atoms with Gasteiger partial charge in [-0.05, 0) is 62.2 Å². The Kier molecular flexibility index (Phi) is 5.62. The van der Waals surface area contributed by atoms with Gasteiger partial charge in [0.15, 0.2) is 6.10 Å². The maximum Gasteiger partial charge on any atom is 0.416 e. The number of nitrogens with one attached hydrogen (secondary N) is 1. The van der Waals surface area contributed by atoms with Gasteiger partial charge in [-0.15, -0.1) is 0 Å². The summed E-state index contributed by atoms with van der Waals surface area (Å²) in [5, 5.41) is 2.39. The third-order valence-corrected chi connectivity index (χ3v) is 4.04. The van der Waals surface area contributed by atoms with E-state index in [0.717, 1.165) is 29.3 Å². The molecule has 2 aromatic rings. The van der Waals surface area contributed by atoms with Crippen LogP contribution in [0, 0.1) is 13.8 Å². The molecule has 0 radical (unpaired) electrons. The first kappa shape index (κ1) is 19.1. The lowest BCUT2D eigenvalue weighted by Crippen LogP contribution is -2.30. The fraction of sp³-hybridized carbons (Fsp3) is 0.278. The van der Waals surface area contributed by atoms with E-state index in [4.69, 9.17) is 16.3 Å². The quantitative estimate of drug-likeness (QED) is 0.783. The average Bonchev–Trinajstić information content (AvgIpc) is 2.51. The molecule has 0 aliphatic carbocycles. The van der Waals surface area contributed by atoms with E-state index in [0.29, 0.717) is 5.75 Å². The van der Waals surface area contributed by atoms with Crippen molar-refractivity contribution >= 4 is 23.2 Å². The van der Waals surface area contributed by atoms with Crippen LogP contribution in [0.5, 0.6) is 5.75 Å². The highest BCUT2D eigenvalue weighted by atomic mass is 35.5. The van der Waals surface area contributed by atoms with Gasteiger partial charge < -0.3 is 10.1 Å². The van der Waals surface area contributed by atoms with E-state index in [9.17, 15) is 18.0 Å². The predicted octanol–water partition coefficient (Wildman–Crippen LogP) is 5.38. The molecule has 2 aromatic carbocycles. The van der Waals surface area contributed by atoms with E-state index in [1.165, 1.54) is 6.92 Å². The fourth-order valence-corrected chi connectivity index (χ4v) is 2.24. The first-order valence-corrected chi connectivity index (χ1v) is 7.87. The number of benzene rings is 2. The number of ether oxygens (including phenoxy) is 1. The van der Waals surface area contributed by atoms with Crippen LogP contribution >= 0.6 is 11.6 Å². The van der Waals surface area contributed by atoms with E-state index >= 15 is 0 Å². The Morgan fingerprint density at radius 3 is 2.40 bits per heavy atom. The summed E-state index contributed by atoms with van der Waals surface area (Å²) >= 11 is 5.87. The molecule has 3 nitrogen and oxygen atoms in total. The second-order valence-electron chi connectivity index (χ2n) is 5.69. The van der Waals surface area contributed by atoms with Crippen molar-refractivity contribution in [1.29, 1.82) is 0 Å². The number of aryl methyl sites for hydroxylation is 2. The third-order valence-electron chi connectivity index (χ3n) is 3.71. The van der Waals surface area contributed by atoms with Crippen molar-refractivity contribution in [3.05, 3.63) is 58.1 Å². The first-order chi connectivity index (χ1) is 11.6. The molecule has 1 N–H and O–H groups in total. The molecule has 0 fully saturated rings. The van der Waals surface area contributed by atoms with E-state index in [2.05, 4.69) is 5.32 Å². The summed E-state index contributed by atoms with van der Waals surface area (Å²) in [5.74, 6) is -0.0969. The normalized spacial score (nSPS) is 12.6. The highest BCUT2D eigenvalue weighted by Crippen LogP contribution is 2.33. The van der Waals surface area contributed by atoms with Crippen LogP contribution in [-0.2, 0) is 11.0 Å². The summed E-state index contributed by atoms with van der Waals surface area (Å²) in [4.78, 5) is 12.2. The Hall–Kier alpha value is -2.21. The topological polar surface area (TPSA) is 38.3 Å². The molecular weight excluding hydrogens is 355 g/mol. The van der Waals surface area contributed by atoms with E-state index in [1.807, 2.05) is 19.9 Å². The molecule has 25 heavy (non-hydrogen) atoms. The minimum atomic E-state index is -4.52. The summed E-state index contributed by atoms with van der Waals surface area (Å²) < 4.78 is 43.9. The molecule has 0 saturated heterocycles. The maximum atomic E-state index is 12.8. The summed E-state index contributed by atoms with van der Waals surface area (Å²) in [7, 11) is 0. The highest BCUT2D eigenvalue weighted by molar-refractivity contribution is 6.33. The lowest BCUT2D eigenvalue weighted by molar-refractivity contribution is -0.137. The van der Waals surface area contributed by atoms with Gasteiger partial charge in [-0.1, -0.05) is 17.7 Å². The average molecular weight is 372 g/mol. The van der Waals surface area contributed by atoms with Gasteiger partial charge in [-0.25, -0.2) is 0 Å². The third kappa shape index (κ3) is 4.89. The van der Waals surface area contributed by atoms with Crippen molar-refractivity contribution in [2.75, 3.05) is 5.32 Å². The van der Waals surface area contributed by atoms with Gasteiger partial charge in [0.05, 0.1) is 16.3 Å². The molecule has 0 saturated carbocycles. The number of hydrogen-bond donors (Lipinski definition) is 1. The summed E-state index contributed by atoms with van der Waals surface area (Å²) in [6.45, 7) is 5.37. The lowest BCUT2D eigenvalue weighted by atomic mass is 10.1. The largest absolute Gasteiger partial charge is 0.481 e. The van der Waals surface area contributed by atoms with Crippen LogP contribution in [0.4, 0.5) is 18.9 Å². The summed E-state index contributed by atoms with van der Waals surface area (Å²) in [6.07, 6.45) is -5.43. The predicted molar refractivity (Wildman–Crippen MR) is 91.1 cm³/mol. The van der Waals surface area contributed by atoms with Crippen molar-refractivity contribution in [3.63, 3.8) is 0 Å². The van der Waals surface area contributed by atoms with Crippen molar-refractivity contribution in [3.8, 4) is 5.75 Å². The maximum absolute atomic E-state index is 12.8. The van der Waals surface area contributed by atoms with Gasteiger partial charge >= 0.3 is 6.18 Å². The van der Waals surface area contributed by atoms with Crippen LogP contribution in [0.2, 0.25) is 5.02 Å². The number of hydrogen-bond acceptors (Lipinski definition) is 2. The molecule has 0 aromatic heterocycles. The number of carbonyl (C=O) groups is 1. The minimum absolute atomic E-state index is 0.0136. The first-order valence-electron chi connectivity index (χ1n) is 7.49. The highest BCUT2D eigenvalue weighted by Gasteiger charge is 2.31. The number of carbonyl (C=O) groups excluding carboxylic acids is 1. The second-order valence-corrected chi connectivity index (χ2v) is 6.09. The van der Waals surface area contributed by atoms with E-state index in [-0.39, 0.29) is 10.7 Å². The Labute approximate surface area is 148 Å². The second kappa shape index (κ2) is 7.35. The Balaban J connectivity index is 2.12. The Morgan fingerprint density at radius 2 is 1.80 bits per heavy atom. The smallest absolute Gasteiger partial charge is 0.416 e. The Morgan fingerprint density at radius 1 is 1.12 bits per heavy atom. The summed E-state index contributed by atoms with van der Waals surface area (Å²) in [5.41, 5.74) is 1.08. The molecule has 1 atom stereocenters. The van der Waals surface area contributed by atoms with Crippen LogP contribution in [0.3, 0.4) is 0 Å². The van der Waals surface area contributed by atoms with Crippen molar-refractivity contribution in [2.45, 2.75) is 33.1 Å². The molecule has 0 heterocycles. The molecular formula is C18H17ClF3NO2. The van der Waals surface area contributed by atoms with Crippen molar-refractivity contribution < 1.29 is 22.7 Å². The van der Waals surface area contributed by atoms with Gasteiger partial charge in [-0.3, -0.25) is 4.79 Å². The SMILES string of the molecule is Cc1ccc(O[C@@H](C)C(=O)Nc2cc(C(F)(F)F)ccc2Cl)cc1C. The van der Waals surface area contributed by atoms with E-state index in [1.54, 1.807) is 12.1 Å². The number of amides is 1. The van der Waals surface area contributed by atoms with Gasteiger partial charge in [-0.2, -0.15) is 13.2 Å². The molecule has 1 amide bonds. The zero-order chi connectivity index (χ0) is 18.8. The van der Waals surface area contributed by atoms with E-state index < -0.39 is 23.8 Å². The molecule has 2 rings (SSSR count). The zero-order valence-corrected chi connectivity index (χ0v) is 14.6. The number of alkyl halides is 3. The van der Waals surface area contributed by atoms with Crippen LogP contribution in [0.15, 0.2) is 36.4 Å². The standard InChI is InChI=1S/C18H17ClF3NO2/c1-10-4-6-14(8-11(10)2)25-12(3)17(24)23-16-9-13(18(20,21)22)5-7-15(16)19/h4-9,12H,1-3H3,(H,23,24)/t12-/m0/s1. The minimum Gasteiger partial charge on any atom is -0.481 e. The molecule has 0 bridgehead atoms. The zero-order valence-electron chi connectivity index (χ0n) is 13.9. The monoisotopic (exact) mass is 371 g/mol. The molecule has 134 valence electrons. The van der Waals surface area contributed by atoms with Gasteiger partial charge in [0.1, 0.15) is 5.75 Å². The fourth-order valence-electron chi connectivity index (χ4n) is 2.08.